The SMILES string of the molecule is CCCN(CCO)C(=O)NC(c1ccccc1)c1ccccn1. The summed E-state index contributed by atoms with van der Waals surface area (Å²) in [6, 6.07) is 14.9. The van der Waals surface area contributed by atoms with E-state index in [1.54, 1.807) is 11.1 Å². The van der Waals surface area contributed by atoms with Crippen LogP contribution in [0.1, 0.15) is 30.6 Å². The van der Waals surface area contributed by atoms with Crippen LogP contribution in [-0.4, -0.2) is 40.7 Å². The zero-order valence-electron chi connectivity index (χ0n) is 13.4. The second-order valence-corrected chi connectivity index (χ2v) is 5.26. The Bertz CT molecular complexity index is 544. The van der Waals surface area contributed by atoms with E-state index in [1.165, 1.54) is 0 Å². The van der Waals surface area contributed by atoms with E-state index in [0.717, 1.165) is 17.7 Å². The van der Waals surface area contributed by atoms with Crippen molar-refractivity contribution in [2.24, 2.45) is 0 Å². The molecule has 0 aliphatic heterocycles. The van der Waals surface area contributed by atoms with Gasteiger partial charge in [0.15, 0.2) is 0 Å². The lowest BCUT2D eigenvalue weighted by Crippen LogP contribution is -2.43. The Labute approximate surface area is 137 Å². The van der Waals surface area contributed by atoms with Crippen LogP contribution in [0.25, 0.3) is 0 Å². The average molecular weight is 313 g/mol. The highest BCUT2D eigenvalue weighted by Crippen LogP contribution is 2.20. The lowest BCUT2D eigenvalue weighted by atomic mass is 10.0. The Morgan fingerprint density at radius 3 is 2.52 bits per heavy atom. The molecule has 0 spiro atoms. The summed E-state index contributed by atoms with van der Waals surface area (Å²) in [6.07, 6.45) is 2.56. The minimum absolute atomic E-state index is 0.0486. The first-order valence-electron chi connectivity index (χ1n) is 7.88. The van der Waals surface area contributed by atoms with E-state index >= 15 is 0 Å². The van der Waals surface area contributed by atoms with Gasteiger partial charge in [0.05, 0.1) is 18.3 Å². The second-order valence-electron chi connectivity index (χ2n) is 5.26. The highest BCUT2D eigenvalue weighted by molar-refractivity contribution is 5.75. The number of pyridine rings is 1. The number of aliphatic hydroxyl groups excluding tert-OH is 1. The van der Waals surface area contributed by atoms with Gasteiger partial charge in [0.1, 0.15) is 0 Å². The molecule has 0 saturated heterocycles. The number of hydrogen-bond donors (Lipinski definition) is 2. The normalized spacial score (nSPS) is 11.7. The molecule has 1 aromatic carbocycles. The third-order valence-electron chi connectivity index (χ3n) is 3.53. The number of benzene rings is 1. The molecule has 2 N–H and O–H groups in total. The van der Waals surface area contributed by atoms with Crippen molar-refractivity contribution < 1.29 is 9.90 Å². The summed E-state index contributed by atoms with van der Waals surface area (Å²) >= 11 is 0. The molecule has 1 atom stereocenters. The predicted octanol–water partition coefficient (Wildman–Crippen LogP) is 2.58. The third kappa shape index (κ3) is 4.79. The Balaban J connectivity index is 2.23. The maximum atomic E-state index is 12.6. The number of nitrogens with zero attached hydrogens (tertiary/aromatic N) is 2. The lowest BCUT2D eigenvalue weighted by molar-refractivity contribution is 0.175. The summed E-state index contributed by atoms with van der Waals surface area (Å²) in [6.45, 7) is 2.89. The molecule has 0 bridgehead atoms. The molecule has 0 aliphatic rings. The summed E-state index contributed by atoms with van der Waals surface area (Å²) in [5.41, 5.74) is 1.76. The number of rotatable bonds is 7. The topological polar surface area (TPSA) is 65.5 Å². The van der Waals surface area contributed by atoms with E-state index in [9.17, 15) is 4.79 Å². The van der Waals surface area contributed by atoms with E-state index in [4.69, 9.17) is 5.11 Å². The largest absolute Gasteiger partial charge is 0.395 e. The number of hydrogen-bond acceptors (Lipinski definition) is 3. The molecule has 0 radical (unpaired) electrons. The van der Waals surface area contributed by atoms with Crippen LogP contribution in [0.5, 0.6) is 0 Å². The van der Waals surface area contributed by atoms with E-state index in [0.29, 0.717) is 13.1 Å². The Hall–Kier alpha value is -2.40. The zero-order chi connectivity index (χ0) is 16.5. The molecule has 5 nitrogen and oxygen atoms in total. The van der Waals surface area contributed by atoms with Crippen LogP contribution >= 0.6 is 0 Å². The van der Waals surface area contributed by atoms with Crippen LogP contribution < -0.4 is 5.32 Å². The first kappa shape index (κ1) is 17.0. The van der Waals surface area contributed by atoms with Crippen molar-refractivity contribution in [2.75, 3.05) is 19.7 Å². The molecule has 0 saturated carbocycles. The van der Waals surface area contributed by atoms with Gasteiger partial charge in [-0.05, 0) is 24.1 Å². The lowest BCUT2D eigenvalue weighted by Gasteiger charge is -2.26. The molecule has 1 heterocycles. The van der Waals surface area contributed by atoms with E-state index < -0.39 is 0 Å². The summed E-state index contributed by atoms with van der Waals surface area (Å²) in [4.78, 5) is 18.6. The summed E-state index contributed by atoms with van der Waals surface area (Å²) in [7, 11) is 0. The predicted molar refractivity (Wildman–Crippen MR) is 90.0 cm³/mol. The van der Waals surface area contributed by atoms with Crippen LogP contribution in [0, 0.1) is 0 Å². The van der Waals surface area contributed by atoms with Crippen LogP contribution in [0.4, 0.5) is 4.79 Å². The number of amides is 2. The standard InChI is InChI=1S/C18H23N3O2/c1-2-12-21(13-14-22)18(23)20-17(15-8-4-3-5-9-15)16-10-6-7-11-19-16/h3-11,17,22H,2,12-14H2,1H3,(H,20,23). The van der Waals surface area contributed by atoms with Gasteiger partial charge in [-0.1, -0.05) is 43.3 Å². The first-order chi connectivity index (χ1) is 11.3. The quantitative estimate of drug-likeness (QED) is 0.826. The zero-order valence-corrected chi connectivity index (χ0v) is 13.4. The molecule has 2 amide bonds. The fourth-order valence-electron chi connectivity index (χ4n) is 2.44. The Kier molecular flexibility index (Phi) is 6.56. The van der Waals surface area contributed by atoms with Crippen molar-refractivity contribution in [3.8, 4) is 0 Å². The van der Waals surface area contributed by atoms with Crippen molar-refractivity contribution in [3.63, 3.8) is 0 Å². The monoisotopic (exact) mass is 313 g/mol. The Morgan fingerprint density at radius 1 is 1.17 bits per heavy atom. The van der Waals surface area contributed by atoms with Gasteiger partial charge >= 0.3 is 6.03 Å². The van der Waals surface area contributed by atoms with Crippen LogP contribution in [0.3, 0.4) is 0 Å². The highest BCUT2D eigenvalue weighted by atomic mass is 16.3. The van der Waals surface area contributed by atoms with Crippen LogP contribution in [-0.2, 0) is 0 Å². The van der Waals surface area contributed by atoms with Gasteiger partial charge in [0, 0.05) is 19.3 Å². The first-order valence-corrected chi connectivity index (χ1v) is 7.88. The average Bonchev–Trinajstić information content (AvgIpc) is 2.61. The summed E-state index contributed by atoms with van der Waals surface area (Å²) in [5.74, 6) is 0. The molecule has 0 fully saturated rings. The molecule has 0 aliphatic carbocycles. The van der Waals surface area contributed by atoms with Gasteiger partial charge in [0.2, 0.25) is 0 Å². The summed E-state index contributed by atoms with van der Waals surface area (Å²) < 4.78 is 0. The molecular weight excluding hydrogens is 290 g/mol. The number of urea groups is 1. The van der Waals surface area contributed by atoms with Gasteiger partial charge in [-0.3, -0.25) is 4.98 Å². The maximum Gasteiger partial charge on any atom is 0.318 e. The van der Waals surface area contributed by atoms with Gasteiger partial charge in [-0.15, -0.1) is 0 Å². The second kappa shape index (κ2) is 8.90. The molecule has 23 heavy (non-hydrogen) atoms. The fourth-order valence-corrected chi connectivity index (χ4v) is 2.44. The van der Waals surface area contributed by atoms with Gasteiger partial charge in [-0.2, -0.15) is 0 Å². The third-order valence-corrected chi connectivity index (χ3v) is 3.53. The molecule has 1 unspecified atom stereocenters. The van der Waals surface area contributed by atoms with Crippen molar-refractivity contribution in [2.45, 2.75) is 19.4 Å². The number of carbonyl (C=O) groups is 1. The maximum absolute atomic E-state index is 12.6. The molecule has 2 aromatic rings. The number of aliphatic hydroxyl groups is 1. The van der Waals surface area contributed by atoms with Crippen molar-refractivity contribution in [3.05, 3.63) is 66.0 Å². The molecule has 1 aromatic heterocycles. The number of aromatic nitrogens is 1. The van der Waals surface area contributed by atoms with Crippen molar-refractivity contribution in [1.29, 1.82) is 0 Å². The number of nitrogens with one attached hydrogen (secondary N) is 1. The minimum atomic E-state index is -0.317. The molecule has 2 rings (SSSR count). The molecule has 122 valence electrons. The van der Waals surface area contributed by atoms with Crippen LogP contribution in [0.2, 0.25) is 0 Å². The van der Waals surface area contributed by atoms with E-state index in [2.05, 4.69) is 10.3 Å². The van der Waals surface area contributed by atoms with E-state index in [-0.39, 0.29) is 18.7 Å². The van der Waals surface area contributed by atoms with Gasteiger partial charge in [0.25, 0.3) is 0 Å². The van der Waals surface area contributed by atoms with Gasteiger partial charge in [-0.25, -0.2) is 4.79 Å². The van der Waals surface area contributed by atoms with Gasteiger partial charge < -0.3 is 15.3 Å². The van der Waals surface area contributed by atoms with E-state index in [1.807, 2.05) is 55.5 Å². The fraction of sp³-hybridized carbons (Fsp3) is 0.333. The summed E-state index contributed by atoms with van der Waals surface area (Å²) in [5, 5.41) is 12.2. The highest BCUT2D eigenvalue weighted by Gasteiger charge is 2.20. The van der Waals surface area contributed by atoms with Crippen molar-refractivity contribution >= 4 is 6.03 Å². The number of carbonyl (C=O) groups excluding carboxylic acids is 1. The van der Waals surface area contributed by atoms with Crippen LogP contribution in [0.15, 0.2) is 54.7 Å². The molecular formula is C18H23N3O2. The minimum Gasteiger partial charge on any atom is -0.395 e. The van der Waals surface area contributed by atoms with Crippen molar-refractivity contribution in [1.82, 2.24) is 15.2 Å². The molecule has 5 heteroatoms. The Morgan fingerprint density at radius 2 is 1.91 bits per heavy atom. The smallest absolute Gasteiger partial charge is 0.318 e.